The lowest BCUT2D eigenvalue weighted by Gasteiger charge is -1.98. The van der Waals surface area contributed by atoms with Crippen LogP contribution in [-0.4, -0.2) is 10.9 Å². The summed E-state index contributed by atoms with van der Waals surface area (Å²) in [7, 11) is 0. The Morgan fingerprint density at radius 3 is 2.21 bits per heavy atom. The summed E-state index contributed by atoms with van der Waals surface area (Å²) in [6, 6.07) is 5.24. The summed E-state index contributed by atoms with van der Waals surface area (Å²) < 4.78 is 12.5. The minimum atomic E-state index is -0.383. The molecule has 0 fully saturated rings. The number of hydrogen-bond acceptors (Lipinski definition) is 2. The second kappa shape index (κ2) is 4.91. The molecule has 1 aromatic carbocycles. The number of thiol groups is 1. The first-order chi connectivity index (χ1) is 6.59. The lowest BCUT2D eigenvalue weighted by Crippen LogP contribution is -2.01. The predicted octanol–water partition coefficient (Wildman–Crippen LogP) is 2.25. The largest absolute Gasteiger partial charge is 0.294 e. The van der Waals surface area contributed by atoms with Crippen molar-refractivity contribution in [3.63, 3.8) is 0 Å². The molecule has 0 radical (unpaired) electrons. The van der Waals surface area contributed by atoms with Gasteiger partial charge in [-0.15, -0.1) is 12.6 Å². The van der Waals surface area contributed by atoms with Crippen LogP contribution in [0.15, 0.2) is 24.3 Å². The molecule has 0 aromatic heterocycles. The minimum absolute atomic E-state index is 0.110. The standard InChI is InChI=1S/C10H9FO2S/c11-8-3-1-7(2-4-8)9(12)5-6-10(13)14/h1-4H,5-6H2,(H,13,14). The molecule has 0 spiro atoms. The van der Waals surface area contributed by atoms with E-state index in [0.717, 1.165) is 0 Å². The molecule has 0 aliphatic rings. The highest BCUT2D eigenvalue weighted by Crippen LogP contribution is 2.07. The van der Waals surface area contributed by atoms with E-state index in [1.807, 2.05) is 0 Å². The van der Waals surface area contributed by atoms with Crippen LogP contribution in [0.2, 0.25) is 0 Å². The van der Waals surface area contributed by atoms with Crippen molar-refractivity contribution < 1.29 is 14.0 Å². The molecule has 0 unspecified atom stereocenters. The van der Waals surface area contributed by atoms with Crippen molar-refractivity contribution >= 4 is 23.5 Å². The van der Waals surface area contributed by atoms with Crippen LogP contribution in [-0.2, 0) is 4.79 Å². The molecule has 0 aliphatic carbocycles. The van der Waals surface area contributed by atoms with E-state index < -0.39 is 0 Å². The Labute approximate surface area is 86.5 Å². The number of carbonyl (C=O) groups excluding carboxylic acids is 2. The number of hydrogen-bond donors (Lipinski definition) is 1. The highest BCUT2D eigenvalue weighted by molar-refractivity contribution is 7.96. The van der Waals surface area contributed by atoms with Crippen molar-refractivity contribution in [2.75, 3.05) is 0 Å². The highest BCUT2D eigenvalue weighted by Gasteiger charge is 2.06. The van der Waals surface area contributed by atoms with Gasteiger partial charge in [-0.2, -0.15) is 0 Å². The van der Waals surface area contributed by atoms with Gasteiger partial charge in [-0.05, 0) is 24.3 Å². The monoisotopic (exact) mass is 212 g/mol. The van der Waals surface area contributed by atoms with Crippen LogP contribution in [0, 0.1) is 5.82 Å². The summed E-state index contributed by atoms with van der Waals surface area (Å²) in [6.45, 7) is 0. The zero-order chi connectivity index (χ0) is 10.6. The van der Waals surface area contributed by atoms with Gasteiger partial charge in [0.15, 0.2) is 10.9 Å². The topological polar surface area (TPSA) is 34.1 Å². The molecule has 0 amide bonds. The zero-order valence-corrected chi connectivity index (χ0v) is 8.26. The highest BCUT2D eigenvalue weighted by atomic mass is 32.1. The Morgan fingerprint density at radius 2 is 1.71 bits per heavy atom. The SMILES string of the molecule is O=C(S)CCC(=O)c1ccc(F)cc1. The van der Waals surface area contributed by atoms with E-state index in [4.69, 9.17) is 0 Å². The quantitative estimate of drug-likeness (QED) is 0.613. The third-order valence-electron chi connectivity index (χ3n) is 1.73. The molecule has 0 atom stereocenters. The summed E-state index contributed by atoms with van der Waals surface area (Å²) in [5, 5.41) is -0.319. The average molecular weight is 212 g/mol. The van der Waals surface area contributed by atoms with Crippen molar-refractivity contribution in [1.29, 1.82) is 0 Å². The predicted molar refractivity (Wildman–Crippen MR) is 54.0 cm³/mol. The lowest BCUT2D eigenvalue weighted by molar-refractivity contribution is -0.110. The van der Waals surface area contributed by atoms with Gasteiger partial charge < -0.3 is 0 Å². The molecule has 1 aromatic rings. The first-order valence-corrected chi connectivity index (χ1v) is 4.55. The molecule has 0 saturated carbocycles. The van der Waals surface area contributed by atoms with Gasteiger partial charge in [0.2, 0.25) is 0 Å². The van der Waals surface area contributed by atoms with E-state index in [9.17, 15) is 14.0 Å². The molecular formula is C10H9FO2S. The Bertz CT molecular complexity index is 346. The summed E-state index contributed by atoms with van der Waals surface area (Å²) in [6.07, 6.45) is 0.229. The van der Waals surface area contributed by atoms with Gasteiger partial charge in [0.05, 0.1) is 0 Å². The molecule has 0 saturated heterocycles. The molecule has 74 valence electrons. The van der Waals surface area contributed by atoms with Gasteiger partial charge in [-0.3, -0.25) is 9.59 Å². The summed E-state index contributed by atoms with van der Waals surface area (Å²) >= 11 is 3.55. The molecular weight excluding hydrogens is 203 g/mol. The van der Waals surface area contributed by atoms with Gasteiger partial charge in [0, 0.05) is 18.4 Å². The Kier molecular flexibility index (Phi) is 3.83. The molecule has 0 bridgehead atoms. The van der Waals surface area contributed by atoms with E-state index >= 15 is 0 Å². The molecule has 14 heavy (non-hydrogen) atoms. The zero-order valence-electron chi connectivity index (χ0n) is 7.37. The maximum atomic E-state index is 12.5. The van der Waals surface area contributed by atoms with Crippen molar-refractivity contribution in [2.24, 2.45) is 0 Å². The maximum absolute atomic E-state index is 12.5. The third kappa shape index (κ3) is 3.30. The van der Waals surface area contributed by atoms with Crippen LogP contribution >= 0.6 is 12.6 Å². The van der Waals surface area contributed by atoms with E-state index in [2.05, 4.69) is 12.6 Å². The lowest BCUT2D eigenvalue weighted by atomic mass is 10.1. The maximum Gasteiger partial charge on any atom is 0.186 e. The van der Waals surface area contributed by atoms with Crippen molar-refractivity contribution in [1.82, 2.24) is 0 Å². The van der Waals surface area contributed by atoms with Gasteiger partial charge in [0.25, 0.3) is 0 Å². The Hall–Kier alpha value is -1.16. The van der Waals surface area contributed by atoms with Crippen LogP contribution in [0.25, 0.3) is 0 Å². The fraction of sp³-hybridized carbons (Fsp3) is 0.200. The normalized spacial score (nSPS) is 9.86. The minimum Gasteiger partial charge on any atom is -0.294 e. The fourth-order valence-electron chi connectivity index (χ4n) is 1.00. The molecule has 4 heteroatoms. The van der Waals surface area contributed by atoms with Crippen LogP contribution in [0.5, 0.6) is 0 Å². The molecule has 0 N–H and O–H groups in total. The van der Waals surface area contributed by atoms with Gasteiger partial charge >= 0.3 is 0 Å². The Morgan fingerprint density at radius 1 is 1.14 bits per heavy atom. The van der Waals surface area contributed by atoms with E-state index in [0.29, 0.717) is 5.56 Å². The third-order valence-corrected chi connectivity index (χ3v) is 1.96. The van der Waals surface area contributed by atoms with E-state index in [1.54, 1.807) is 0 Å². The second-order valence-corrected chi connectivity index (χ2v) is 3.32. The van der Waals surface area contributed by atoms with Crippen molar-refractivity contribution in [3.05, 3.63) is 35.6 Å². The number of ketones is 1. The summed E-state index contributed by atoms with van der Waals surface area (Å²) in [5.41, 5.74) is 0.418. The smallest absolute Gasteiger partial charge is 0.186 e. The number of carbonyl (C=O) groups is 2. The first kappa shape index (κ1) is 10.9. The van der Waals surface area contributed by atoms with Crippen LogP contribution < -0.4 is 0 Å². The van der Waals surface area contributed by atoms with Gasteiger partial charge in [0.1, 0.15) is 5.82 Å². The van der Waals surface area contributed by atoms with E-state index in [1.165, 1.54) is 24.3 Å². The van der Waals surface area contributed by atoms with Crippen LogP contribution in [0.3, 0.4) is 0 Å². The first-order valence-electron chi connectivity index (χ1n) is 4.10. The molecule has 2 nitrogen and oxygen atoms in total. The van der Waals surface area contributed by atoms with Crippen LogP contribution in [0.4, 0.5) is 4.39 Å². The number of Topliss-reactive ketones (excluding diaryl/α,β-unsaturated/α-hetero) is 1. The molecule has 0 aliphatic heterocycles. The Balaban J connectivity index is 2.61. The van der Waals surface area contributed by atoms with E-state index in [-0.39, 0.29) is 29.6 Å². The van der Waals surface area contributed by atoms with Crippen LogP contribution in [0.1, 0.15) is 23.2 Å². The van der Waals surface area contributed by atoms with Gasteiger partial charge in [-0.1, -0.05) is 0 Å². The average Bonchev–Trinajstić information content (AvgIpc) is 2.15. The molecule has 0 heterocycles. The summed E-state index contributed by atoms with van der Waals surface area (Å²) in [4.78, 5) is 21.8. The van der Waals surface area contributed by atoms with Gasteiger partial charge in [-0.25, -0.2) is 4.39 Å². The second-order valence-electron chi connectivity index (χ2n) is 2.82. The number of benzene rings is 1. The number of rotatable bonds is 4. The van der Waals surface area contributed by atoms with Crippen molar-refractivity contribution in [3.8, 4) is 0 Å². The number of halogens is 1. The molecule has 1 rings (SSSR count). The summed E-state index contributed by atoms with van der Waals surface area (Å²) in [5.74, 6) is -0.556. The fourth-order valence-corrected chi connectivity index (χ4v) is 1.11. The van der Waals surface area contributed by atoms with Crippen molar-refractivity contribution in [2.45, 2.75) is 12.8 Å².